The van der Waals surface area contributed by atoms with Crippen molar-refractivity contribution in [1.29, 1.82) is 0 Å². The fourth-order valence-electron chi connectivity index (χ4n) is 1.88. The van der Waals surface area contributed by atoms with E-state index in [2.05, 4.69) is 39.1 Å². The van der Waals surface area contributed by atoms with E-state index < -0.39 is 0 Å². The molecule has 110 valence electrons. The van der Waals surface area contributed by atoms with Gasteiger partial charge in [0, 0.05) is 4.88 Å². The van der Waals surface area contributed by atoms with Crippen LogP contribution in [-0.2, 0) is 0 Å². The molecule has 0 aliphatic rings. The molecule has 2 aromatic rings. The molecule has 0 aliphatic heterocycles. The van der Waals surface area contributed by atoms with Gasteiger partial charge in [0.15, 0.2) is 0 Å². The van der Waals surface area contributed by atoms with Gasteiger partial charge in [0.2, 0.25) is 0 Å². The van der Waals surface area contributed by atoms with Crippen molar-refractivity contribution in [3.63, 3.8) is 0 Å². The van der Waals surface area contributed by atoms with Crippen LogP contribution < -0.4 is 5.32 Å². The predicted molar refractivity (Wildman–Crippen MR) is 86.5 cm³/mol. The Kier molecular flexibility index (Phi) is 4.95. The van der Waals surface area contributed by atoms with Crippen molar-refractivity contribution in [3.05, 3.63) is 45.5 Å². The summed E-state index contributed by atoms with van der Waals surface area (Å²) >= 11 is 7.66. The van der Waals surface area contributed by atoms with Crippen LogP contribution >= 0.6 is 22.9 Å². The molecular weight excluding hydrogens is 290 g/mol. The quantitative estimate of drug-likeness (QED) is 0.804. The third-order valence-corrected chi connectivity index (χ3v) is 5.11. The van der Waals surface area contributed by atoms with Crippen LogP contribution in [0.5, 0.6) is 0 Å². The molecule has 0 aliphatic carbocycles. The van der Waals surface area contributed by atoms with Gasteiger partial charge in [-0.3, -0.25) is 0 Å². The minimum Gasteiger partial charge on any atom is -0.467 e. The van der Waals surface area contributed by atoms with Crippen molar-refractivity contribution in [3.8, 4) is 0 Å². The fraction of sp³-hybridized carbons (Fsp3) is 0.500. The Labute approximate surface area is 130 Å². The maximum absolute atomic E-state index is 6.06. The summed E-state index contributed by atoms with van der Waals surface area (Å²) in [6, 6.07) is 8.01. The van der Waals surface area contributed by atoms with Gasteiger partial charge in [0.25, 0.3) is 0 Å². The van der Waals surface area contributed by atoms with E-state index >= 15 is 0 Å². The van der Waals surface area contributed by atoms with Crippen molar-refractivity contribution in [2.45, 2.75) is 33.7 Å². The molecule has 0 spiro atoms. The second-order valence-electron chi connectivity index (χ2n) is 6.27. The number of thiophene rings is 1. The lowest BCUT2D eigenvalue weighted by atomic mass is 9.82. The van der Waals surface area contributed by atoms with E-state index in [0.29, 0.717) is 5.92 Å². The summed E-state index contributed by atoms with van der Waals surface area (Å²) in [5.41, 5.74) is 0.286. The number of hydrogen-bond acceptors (Lipinski definition) is 3. The average Bonchev–Trinajstić information content (AvgIpc) is 3.00. The predicted octanol–water partition coefficient (Wildman–Crippen LogP) is 5.36. The molecule has 0 saturated heterocycles. The van der Waals surface area contributed by atoms with Crippen LogP contribution in [0, 0.1) is 11.3 Å². The lowest BCUT2D eigenvalue weighted by Gasteiger charge is -2.29. The lowest BCUT2D eigenvalue weighted by molar-refractivity contribution is 0.246. The van der Waals surface area contributed by atoms with Gasteiger partial charge in [0.05, 0.1) is 10.6 Å². The van der Waals surface area contributed by atoms with Gasteiger partial charge < -0.3 is 9.73 Å². The molecule has 2 aromatic heterocycles. The topological polar surface area (TPSA) is 25.2 Å². The highest BCUT2D eigenvalue weighted by molar-refractivity contribution is 7.16. The van der Waals surface area contributed by atoms with E-state index in [0.717, 1.165) is 16.6 Å². The van der Waals surface area contributed by atoms with Crippen LogP contribution in [0.25, 0.3) is 0 Å². The molecule has 0 bridgehead atoms. The standard InChI is InChI=1S/C16H22ClNOS/c1-11(16(2,3)4)10-18-15(12-6-5-9-19-12)13-7-8-14(17)20-13/h5-9,11,15,18H,10H2,1-4H3. The first-order chi connectivity index (χ1) is 9.38. The first-order valence-electron chi connectivity index (χ1n) is 6.90. The largest absolute Gasteiger partial charge is 0.467 e. The van der Waals surface area contributed by atoms with Gasteiger partial charge in [-0.25, -0.2) is 0 Å². The molecule has 20 heavy (non-hydrogen) atoms. The Morgan fingerprint density at radius 2 is 2.05 bits per heavy atom. The highest BCUT2D eigenvalue weighted by Crippen LogP contribution is 2.32. The smallest absolute Gasteiger partial charge is 0.126 e. The molecule has 4 heteroatoms. The molecule has 0 radical (unpaired) electrons. The second-order valence-corrected chi connectivity index (χ2v) is 8.01. The summed E-state index contributed by atoms with van der Waals surface area (Å²) in [5, 5.41) is 3.62. The summed E-state index contributed by atoms with van der Waals surface area (Å²) in [5.74, 6) is 1.50. The maximum atomic E-state index is 6.06. The SMILES string of the molecule is CC(CNC(c1ccco1)c1ccc(Cl)s1)C(C)(C)C. The van der Waals surface area contributed by atoms with Gasteiger partial charge in [-0.15, -0.1) is 11.3 Å². The number of nitrogens with one attached hydrogen (secondary N) is 1. The number of hydrogen-bond donors (Lipinski definition) is 1. The van der Waals surface area contributed by atoms with Crippen LogP contribution in [0.4, 0.5) is 0 Å². The van der Waals surface area contributed by atoms with E-state index in [1.54, 1.807) is 17.6 Å². The first kappa shape index (κ1) is 15.6. The van der Waals surface area contributed by atoms with Crippen LogP contribution in [0.2, 0.25) is 4.34 Å². The van der Waals surface area contributed by atoms with Gasteiger partial charge in [-0.1, -0.05) is 39.3 Å². The van der Waals surface area contributed by atoms with E-state index in [1.165, 1.54) is 4.88 Å². The molecule has 2 unspecified atom stereocenters. The van der Waals surface area contributed by atoms with E-state index in [-0.39, 0.29) is 11.5 Å². The number of halogens is 1. The van der Waals surface area contributed by atoms with Gasteiger partial charge >= 0.3 is 0 Å². The van der Waals surface area contributed by atoms with Crippen molar-refractivity contribution < 1.29 is 4.42 Å². The minimum absolute atomic E-state index is 0.0762. The molecule has 2 nitrogen and oxygen atoms in total. The molecule has 2 atom stereocenters. The third-order valence-electron chi connectivity index (χ3n) is 3.81. The summed E-state index contributed by atoms with van der Waals surface area (Å²) < 4.78 is 6.39. The van der Waals surface area contributed by atoms with Crippen molar-refractivity contribution in [2.24, 2.45) is 11.3 Å². The number of rotatable bonds is 5. The molecule has 1 N–H and O–H groups in total. The summed E-state index contributed by atoms with van der Waals surface area (Å²) in [7, 11) is 0. The molecule has 2 heterocycles. The van der Waals surface area contributed by atoms with Crippen molar-refractivity contribution in [1.82, 2.24) is 5.32 Å². The number of furan rings is 1. The van der Waals surface area contributed by atoms with Crippen LogP contribution in [0.1, 0.15) is 44.4 Å². The molecule has 0 fully saturated rings. The average molecular weight is 312 g/mol. The van der Waals surface area contributed by atoms with Crippen LogP contribution in [0.3, 0.4) is 0 Å². The Balaban J connectivity index is 2.13. The van der Waals surface area contributed by atoms with E-state index in [1.807, 2.05) is 18.2 Å². The van der Waals surface area contributed by atoms with Crippen LogP contribution in [0.15, 0.2) is 34.9 Å². The highest BCUT2D eigenvalue weighted by Gasteiger charge is 2.23. The summed E-state index contributed by atoms with van der Waals surface area (Å²) in [6.07, 6.45) is 1.71. The van der Waals surface area contributed by atoms with Gasteiger partial charge in [-0.05, 0) is 42.1 Å². The van der Waals surface area contributed by atoms with Crippen molar-refractivity contribution in [2.75, 3.05) is 6.54 Å². The van der Waals surface area contributed by atoms with Gasteiger partial charge in [0.1, 0.15) is 11.8 Å². The van der Waals surface area contributed by atoms with E-state index in [4.69, 9.17) is 16.0 Å². The van der Waals surface area contributed by atoms with E-state index in [9.17, 15) is 0 Å². The van der Waals surface area contributed by atoms with Gasteiger partial charge in [-0.2, -0.15) is 0 Å². The monoisotopic (exact) mass is 311 g/mol. The third kappa shape index (κ3) is 3.87. The van der Waals surface area contributed by atoms with Crippen LogP contribution in [-0.4, -0.2) is 6.54 Å². The van der Waals surface area contributed by atoms with Crippen molar-refractivity contribution >= 4 is 22.9 Å². The minimum atomic E-state index is 0.0762. The molecular formula is C16H22ClNOS. The normalized spacial score (nSPS) is 15.2. The Bertz CT molecular complexity index is 527. The second kappa shape index (κ2) is 6.33. The molecule has 2 rings (SSSR count). The first-order valence-corrected chi connectivity index (χ1v) is 8.09. The fourth-order valence-corrected chi connectivity index (χ4v) is 3.03. The zero-order chi connectivity index (χ0) is 14.8. The molecule has 0 aromatic carbocycles. The Morgan fingerprint density at radius 1 is 1.30 bits per heavy atom. The summed E-state index contributed by atoms with van der Waals surface area (Å²) in [4.78, 5) is 1.19. The summed E-state index contributed by atoms with van der Waals surface area (Å²) in [6.45, 7) is 10.0. The lowest BCUT2D eigenvalue weighted by Crippen LogP contribution is -2.32. The molecule has 0 saturated carbocycles. The maximum Gasteiger partial charge on any atom is 0.126 e. The zero-order valence-corrected chi connectivity index (χ0v) is 14.0. The zero-order valence-electron chi connectivity index (χ0n) is 12.4. The Morgan fingerprint density at radius 3 is 2.55 bits per heavy atom. The Hall–Kier alpha value is -0.770. The highest BCUT2D eigenvalue weighted by atomic mass is 35.5. The molecule has 0 amide bonds.